The molecule has 0 spiro atoms. The number of esters is 1. The number of hydrogen-bond donors (Lipinski definition) is 0. The normalized spacial score (nSPS) is 21.0. The van der Waals surface area contributed by atoms with Gasteiger partial charge < -0.3 is 14.2 Å². The second-order valence-electron chi connectivity index (χ2n) is 6.23. The van der Waals surface area contributed by atoms with Gasteiger partial charge >= 0.3 is 5.97 Å². The van der Waals surface area contributed by atoms with E-state index in [1.54, 1.807) is 7.11 Å². The highest BCUT2D eigenvalue weighted by Gasteiger charge is 2.33. The summed E-state index contributed by atoms with van der Waals surface area (Å²) in [6, 6.07) is 8.45. The van der Waals surface area contributed by atoms with Crippen LogP contribution >= 0.6 is 0 Å². The van der Waals surface area contributed by atoms with Gasteiger partial charge in [-0.15, -0.1) is 0 Å². The summed E-state index contributed by atoms with van der Waals surface area (Å²) in [7, 11) is 3.79. The highest BCUT2D eigenvalue weighted by atomic mass is 16.5. The van der Waals surface area contributed by atoms with E-state index in [0.717, 1.165) is 25.1 Å². The van der Waals surface area contributed by atoms with E-state index in [9.17, 15) is 4.79 Å². The van der Waals surface area contributed by atoms with Gasteiger partial charge in [-0.25, -0.2) is 0 Å². The molecule has 1 aliphatic rings. The van der Waals surface area contributed by atoms with Crippen molar-refractivity contribution < 1.29 is 19.0 Å². The van der Waals surface area contributed by atoms with E-state index < -0.39 is 0 Å². The van der Waals surface area contributed by atoms with Crippen LogP contribution in [0.25, 0.3) is 0 Å². The zero-order chi connectivity index (χ0) is 17.4. The van der Waals surface area contributed by atoms with Crippen LogP contribution in [-0.2, 0) is 14.3 Å². The van der Waals surface area contributed by atoms with Gasteiger partial charge in [-0.05, 0) is 51.1 Å². The van der Waals surface area contributed by atoms with Gasteiger partial charge in [-0.2, -0.15) is 0 Å². The molecular formula is C19H29NO4. The molecule has 0 N–H and O–H groups in total. The third kappa shape index (κ3) is 5.21. The van der Waals surface area contributed by atoms with Gasteiger partial charge in [-0.1, -0.05) is 12.1 Å². The van der Waals surface area contributed by atoms with Crippen molar-refractivity contribution in [1.29, 1.82) is 0 Å². The van der Waals surface area contributed by atoms with E-state index >= 15 is 0 Å². The van der Waals surface area contributed by atoms with Crippen LogP contribution < -0.4 is 4.74 Å². The number of likely N-dealkylation sites (tertiary alicyclic amines) is 1. The lowest BCUT2D eigenvalue weighted by molar-refractivity contribution is -0.145. The van der Waals surface area contributed by atoms with Gasteiger partial charge in [0.2, 0.25) is 0 Å². The monoisotopic (exact) mass is 335 g/mol. The number of rotatable bonds is 9. The number of carbonyl (C=O) groups is 1. The van der Waals surface area contributed by atoms with Crippen LogP contribution in [0.1, 0.15) is 37.8 Å². The number of methoxy groups -OCH3 is 1. The maximum Gasteiger partial charge on any atom is 0.305 e. The van der Waals surface area contributed by atoms with Crippen molar-refractivity contribution in [2.75, 3.05) is 40.5 Å². The van der Waals surface area contributed by atoms with Crippen LogP contribution in [0.15, 0.2) is 24.3 Å². The van der Waals surface area contributed by atoms with Crippen molar-refractivity contribution in [2.24, 2.45) is 5.92 Å². The van der Waals surface area contributed by atoms with E-state index in [-0.39, 0.29) is 12.0 Å². The molecule has 1 fully saturated rings. The largest absolute Gasteiger partial charge is 0.497 e. The number of ether oxygens (including phenoxy) is 3. The van der Waals surface area contributed by atoms with Crippen LogP contribution in [0.2, 0.25) is 0 Å². The first kappa shape index (κ1) is 18.7. The molecular weight excluding hydrogens is 306 g/mol. The highest BCUT2D eigenvalue weighted by molar-refractivity contribution is 5.69. The molecule has 1 aromatic carbocycles. The van der Waals surface area contributed by atoms with Crippen molar-refractivity contribution in [3.63, 3.8) is 0 Å². The minimum Gasteiger partial charge on any atom is -0.497 e. The van der Waals surface area contributed by atoms with Gasteiger partial charge in [-0.3, -0.25) is 9.69 Å². The average molecular weight is 335 g/mol. The maximum absolute atomic E-state index is 11.9. The zero-order valence-electron chi connectivity index (χ0n) is 15.0. The van der Waals surface area contributed by atoms with Crippen molar-refractivity contribution in [2.45, 2.75) is 32.2 Å². The summed E-state index contributed by atoms with van der Waals surface area (Å²) in [6.45, 7) is 4.76. The van der Waals surface area contributed by atoms with E-state index in [0.29, 0.717) is 32.2 Å². The fourth-order valence-corrected chi connectivity index (χ4v) is 3.26. The first-order valence-corrected chi connectivity index (χ1v) is 8.73. The van der Waals surface area contributed by atoms with E-state index in [1.165, 1.54) is 5.56 Å². The minimum absolute atomic E-state index is 0.127. The molecule has 134 valence electrons. The molecule has 2 rings (SSSR count). The molecule has 24 heavy (non-hydrogen) atoms. The Morgan fingerprint density at radius 1 is 1.29 bits per heavy atom. The minimum atomic E-state index is -0.127. The lowest BCUT2D eigenvalue weighted by Gasteiger charge is -2.25. The molecule has 0 unspecified atom stereocenters. The summed E-state index contributed by atoms with van der Waals surface area (Å²) in [6.07, 6.45) is 2.19. The molecule has 1 heterocycles. The first-order valence-electron chi connectivity index (χ1n) is 8.73. The summed E-state index contributed by atoms with van der Waals surface area (Å²) in [5, 5.41) is 0. The maximum atomic E-state index is 11.9. The Bertz CT molecular complexity index is 503. The molecule has 5 heteroatoms. The van der Waals surface area contributed by atoms with Gasteiger partial charge in [0.1, 0.15) is 5.75 Å². The molecule has 1 saturated heterocycles. The van der Waals surface area contributed by atoms with Crippen molar-refractivity contribution in [3.8, 4) is 5.75 Å². The van der Waals surface area contributed by atoms with Crippen molar-refractivity contribution in [1.82, 2.24) is 4.90 Å². The molecule has 0 saturated carbocycles. The number of carbonyl (C=O) groups excluding carboxylic acids is 1. The quantitative estimate of drug-likeness (QED) is 0.513. The summed E-state index contributed by atoms with van der Waals surface area (Å²) in [5.74, 6) is 1.06. The number of benzene rings is 1. The van der Waals surface area contributed by atoms with E-state index in [1.807, 2.05) is 19.1 Å². The fourth-order valence-electron chi connectivity index (χ4n) is 3.26. The molecule has 0 radical (unpaired) electrons. The summed E-state index contributed by atoms with van der Waals surface area (Å²) >= 11 is 0. The van der Waals surface area contributed by atoms with Crippen molar-refractivity contribution in [3.05, 3.63) is 29.8 Å². The SMILES string of the molecule is CCOCCCC(=O)OC[C@H]1CCN(C)[C@H]1c1ccc(OC)cc1. The topological polar surface area (TPSA) is 48.0 Å². The standard InChI is InChI=1S/C19H29NO4/c1-4-23-13-5-6-18(21)24-14-16-11-12-20(2)19(16)15-7-9-17(22-3)10-8-15/h7-10,16,19H,4-6,11-14H2,1-3H3/t16-,19+/m1/s1. The third-order valence-corrected chi connectivity index (χ3v) is 4.56. The lowest BCUT2D eigenvalue weighted by atomic mass is 9.94. The van der Waals surface area contributed by atoms with Gasteiger partial charge in [0.25, 0.3) is 0 Å². The molecule has 0 aliphatic carbocycles. The second-order valence-corrected chi connectivity index (χ2v) is 6.23. The Balaban J connectivity index is 1.85. The molecule has 5 nitrogen and oxygen atoms in total. The molecule has 0 bridgehead atoms. The van der Waals surface area contributed by atoms with Crippen LogP contribution in [-0.4, -0.2) is 51.4 Å². The molecule has 0 amide bonds. The van der Waals surface area contributed by atoms with Gasteiger partial charge in [0, 0.05) is 31.6 Å². The zero-order valence-corrected chi connectivity index (χ0v) is 15.0. The van der Waals surface area contributed by atoms with Crippen LogP contribution in [0.4, 0.5) is 0 Å². The molecule has 1 aliphatic heterocycles. The van der Waals surface area contributed by atoms with E-state index in [2.05, 4.69) is 24.1 Å². The fraction of sp³-hybridized carbons (Fsp3) is 0.632. The molecule has 2 atom stereocenters. The van der Waals surface area contributed by atoms with Crippen LogP contribution in [0.5, 0.6) is 5.75 Å². The van der Waals surface area contributed by atoms with Gasteiger partial charge in [0.05, 0.1) is 13.7 Å². The Morgan fingerprint density at radius 2 is 2.04 bits per heavy atom. The first-order chi connectivity index (χ1) is 11.7. The van der Waals surface area contributed by atoms with E-state index in [4.69, 9.17) is 14.2 Å². The number of hydrogen-bond acceptors (Lipinski definition) is 5. The molecule has 1 aromatic rings. The Kier molecular flexibility index (Phi) is 7.53. The molecule has 0 aromatic heterocycles. The summed E-state index contributed by atoms with van der Waals surface area (Å²) in [5.41, 5.74) is 1.24. The Labute approximate surface area is 144 Å². The van der Waals surface area contributed by atoms with Crippen LogP contribution in [0, 0.1) is 5.92 Å². The Morgan fingerprint density at radius 3 is 2.71 bits per heavy atom. The summed E-state index contributed by atoms with van der Waals surface area (Å²) in [4.78, 5) is 14.2. The Hall–Kier alpha value is -1.59. The number of nitrogens with zero attached hydrogens (tertiary/aromatic N) is 1. The highest BCUT2D eigenvalue weighted by Crippen LogP contribution is 2.36. The van der Waals surface area contributed by atoms with Crippen molar-refractivity contribution >= 4 is 5.97 Å². The smallest absolute Gasteiger partial charge is 0.305 e. The average Bonchev–Trinajstić information content (AvgIpc) is 2.97. The van der Waals surface area contributed by atoms with Gasteiger partial charge in [0.15, 0.2) is 0 Å². The predicted molar refractivity (Wildman–Crippen MR) is 93.2 cm³/mol. The lowest BCUT2D eigenvalue weighted by Crippen LogP contribution is -2.24. The summed E-state index contributed by atoms with van der Waals surface area (Å²) < 4.78 is 16.0. The predicted octanol–water partition coefficient (Wildman–Crippen LogP) is 3.05. The third-order valence-electron chi connectivity index (χ3n) is 4.56. The van der Waals surface area contributed by atoms with Crippen LogP contribution in [0.3, 0.4) is 0 Å². The second kappa shape index (κ2) is 9.64.